The molecule has 1 aromatic carbocycles. The number of nitrogens with zero attached hydrogens (tertiary/aromatic N) is 1. The molecule has 1 N–H and O–H groups in total. The van der Waals surface area contributed by atoms with E-state index in [1.165, 1.54) is 29.6 Å². The predicted octanol–water partition coefficient (Wildman–Crippen LogP) is 3.48. The van der Waals surface area contributed by atoms with E-state index < -0.39 is 15.9 Å². The zero-order valence-electron chi connectivity index (χ0n) is 18.1. The summed E-state index contributed by atoms with van der Waals surface area (Å²) in [4.78, 5) is 24.7. The van der Waals surface area contributed by atoms with Gasteiger partial charge in [0.2, 0.25) is 10.0 Å². The largest absolute Gasteiger partial charge is 0.456 e. The van der Waals surface area contributed by atoms with E-state index in [4.69, 9.17) is 4.74 Å². The Morgan fingerprint density at radius 2 is 1.90 bits per heavy atom. The van der Waals surface area contributed by atoms with Crippen LogP contribution in [0.5, 0.6) is 0 Å². The van der Waals surface area contributed by atoms with Gasteiger partial charge in [-0.15, -0.1) is 0 Å². The minimum Gasteiger partial charge on any atom is -0.456 e. The van der Waals surface area contributed by atoms with Gasteiger partial charge < -0.3 is 10.1 Å². The van der Waals surface area contributed by atoms with Gasteiger partial charge in [-0.25, -0.2) is 8.42 Å². The van der Waals surface area contributed by atoms with Gasteiger partial charge in [-0.05, 0) is 74.5 Å². The van der Waals surface area contributed by atoms with E-state index in [9.17, 15) is 18.0 Å². The van der Waals surface area contributed by atoms with Gasteiger partial charge in [0, 0.05) is 25.2 Å². The van der Waals surface area contributed by atoms with Crippen LogP contribution >= 0.6 is 0 Å². The highest BCUT2D eigenvalue weighted by Crippen LogP contribution is 2.49. The van der Waals surface area contributed by atoms with Crippen LogP contribution in [-0.2, 0) is 24.3 Å². The summed E-state index contributed by atoms with van der Waals surface area (Å²) in [6, 6.07) is 4.76. The maximum atomic E-state index is 12.9. The van der Waals surface area contributed by atoms with Crippen molar-refractivity contribution in [2.75, 3.05) is 25.0 Å². The van der Waals surface area contributed by atoms with Crippen molar-refractivity contribution in [1.29, 1.82) is 0 Å². The van der Waals surface area contributed by atoms with E-state index >= 15 is 0 Å². The molecule has 3 unspecified atom stereocenters. The first-order chi connectivity index (χ1) is 14.8. The Labute approximate surface area is 184 Å². The summed E-state index contributed by atoms with van der Waals surface area (Å²) in [7, 11) is -3.58. The smallest absolute Gasteiger partial charge is 0.306 e. The molecule has 2 bridgehead atoms. The molecule has 7 nitrogen and oxygen atoms in total. The van der Waals surface area contributed by atoms with Gasteiger partial charge in [0.05, 0.1) is 4.90 Å². The molecule has 2 aliphatic carbocycles. The second kappa shape index (κ2) is 9.28. The van der Waals surface area contributed by atoms with Crippen LogP contribution in [0.3, 0.4) is 0 Å². The second-order valence-electron chi connectivity index (χ2n) is 9.29. The standard InChI is InChI=1S/C23H32N2O5S/c1-16-5-8-20(31(28,29)25-9-3-2-4-10-25)14-21(16)24-22(26)15-30-23(27)13-19-12-17-6-7-18(19)11-17/h5,8,14,17-19H,2-4,6-7,9-13,15H2,1H3,(H,24,26). The first-order valence-corrected chi connectivity index (χ1v) is 12.8. The summed E-state index contributed by atoms with van der Waals surface area (Å²) in [6.45, 7) is 2.49. The molecule has 4 rings (SSSR count). The van der Waals surface area contributed by atoms with E-state index in [2.05, 4.69) is 5.32 Å². The number of benzene rings is 1. The Morgan fingerprint density at radius 1 is 1.13 bits per heavy atom. The highest BCUT2D eigenvalue weighted by atomic mass is 32.2. The van der Waals surface area contributed by atoms with Gasteiger partial charge in [-0.3, -0.25) is 9.59 Å². The number of ether oxygens (including phenoxy) is 1. The Kier molecular flexibility index (Phi) is 6.67. The SMILES string of the molecule is Cc1ccc(S(=O)(=O)N2CCCCC2)cc1NC(=O)COC(=O)CC1CC2CCC1C2. The van der Waals surface area contributed by atoms with E-state index in [0.717, 1.165) is 37.2 Å². The van der Waals surface area contributed by atoms with Crippen LogP contribution in [0.15, 0.2) is 23.1 Å². The Bertz CT molecular complexity index is 939. The lowest BCUT2D eigenvalue weighted by Gasteiger charge is -2.26. The number of aryl methyl sites for hydroxylation is 1. The number of amides is 1. The maximum absolute atomic E-state index is 12.9. The summed E-state index contributed by atoms with van der Waals surface area (Å²) < 4.78 is 32.5. The average Bonchev–Trinajstić information content (AvgIpc) is 3.37. The molecule has 0 spiro atoms. The first kappa shape index (κ1) is 22.3. The summed E-state index contributed by atoms with van der Waals surface area (Å²) in [5, 5.41) is 2.70. The van der Waals surface area contributed by atoms with E-state index in [0.29, 0.717) is 37.0 Å². The zero-order valence-corrected chi connectivity index (χ0v) is 19.0. The number of anilines is 1. The first-order valence-electron chi connectivity index (χ1n) is 11.4. The lowest BCUT2D eigenvalue weighted by Crippen LogP contribution is -2.35. The molecule has 1 heterocycles. The molecule has 1 aromatic rings. The van der Waals surface area contributed by atoms with Crippen LogP contribution in [0.25, 0.3) is 0 Å². The van der Waals surface area contributed by atoms with Crippen LogP contribution in [0, 0.1) is 24.7 Å². The van der Waals surface area contributed by atoms with Crippen LogP contribution in [-0.4, -0.2) is 44.3 Å². The van der Waals surface area contributed by atoms with Gasteiger partial charge in [0.15, 0.2) is 6.61 Å². The lowest BCUT2D eigenvalue weighted by atomic mass is 9.86. The summed E-state index contributed by atoms with van der Waals surface area (Å²) in [5.74, 6) is 1.01. The fourth-order valence-electron chi connectivity index (χ4n) is 5.38. The van der Waals surface area contributed by atoms with Crippen molar-refractivity contribution >= 4 is 27.6 Å². The Hall–Kier alpha value is -1.93. The number of hydrogen-bond acceptors (Lipinski definition) is 5. The molecular weight excluding hydrogens is 416 g/mol. The number of sulfonamides is 1. The van der Waals surface area contributed by atoms with E-state index in [1.807, 2.05) is 0 Å². The molecule has 0 aromatic heterocycles. The van der Waals surface area contributed by atoms with Crippen molar-refractivity contribution in [2.24, 2.45) is 17.8 Å². The van der Waals surface area contributed by atoms with Crippen LogP contribution in [0.1, 0.15) is 56.9 Å². The molecular formula is C23H32N2O5S. The molecule has 1 saturated heterocycles. The lowest BCUT2D eigenvalue weighted by molar-refractivity contribution is -0.148. The molecule has 3 aliphatic rings. The van der Waals surface area contributed by atoms with Crippen LogP contribution in [0.4, 0.5) is 5.69 Å². The topological polar surface area (TPSA) is 92.8 Å². The minimum atomic E-state index is -3.58. The number of rotatable bonds is 7. The highest BCUT2D eigenvalue weighted by molar-refractivity contribution is 7.89. The van der Waals surface area contributed by atoms with E-state index in [1.54, 1.807) is 19.1 Å². The Morgan fingerprint density at radius 3 is 2.58 bits per heavy atom. The van der Waals surface area contributed by atoms with Crippen molar-refractivity contribution in [3.05, 3.63) is 23.8 Å². The van der Waals surface area contributed by atoms with Crippen LogP contribution in [0.2, 0.25) is 0 Å². The quantitative estimate of drug-likeness (QED) is 0.645. The summed E-state index contributed by atoms with van der Waals surface area (Å²) in [5.41, 5.74) is 1.17. The summed E-state index contributed by atoms with van der Waals surface area (Å²) in [6.07, 6.45) is 7.98. The second-order valence-corrected chi connectivity index (χ2v) is 11.2. The molecule has 1 amide bonds. The van der Waals surface area contributed by atoms with Crippen molar-refractivity contribution in [3.8, 4) is 0 Å². The molecule has 1 aliphatic heterocycles. The van der Waals surface area contributed by atoms with Gasteiger partial charge >= 0.3 is 5.97 Å². The zero-order chi connectivity index (χ0) is 22.0. The number of piperidine rings is 1. The third-order valence-electron chi connectivity index (χ3n) is 7.11. The van der Waals surface area contributed by atoms with Crippen molar-refractivity contribution in [2.45, 2.75) is 63.2 Å². The van der Waals surface area contributed by atoms with Crippen LogP contribution < -0.4 is 5.32 Å². The van der Waals surface area contributed by atoms with Gasteiger partial charge in [0.25, 0.3) is 5.91 Å². The van der Waals surface area contributed by atoms with E-state index in [-0.39, 0.29) is 17.5 Å². The monoisotopic (exact) mass is 448 g/mol. The van der Waals surface area contributed by atoms with Gasteiger partial charge in [-0.1, -0.05) is 18.9 Å². The molecule has 0 radical (unpaired) electrons. The number of carbonyl (C=O) groups is 2. The number of hydrogen-bond donors (Lipinski definition) is 1. The average molecular weight is 449 g/mol. The fourth-order valence-corrected chi connectivity index (χ4v) is 6.93. The Balaban J connectivity index is 1.32. The normalized spacial score (nSPS) is 26.0. The number of nitrogens with one attached hydrogen (secondary N) is 1. The molecule has 3 fully saturated rings. The maximum Gasteiger partial charge on any atom is 0.306 e. The number of carbonyl (C=O) groups excluding carboxylic acids is 2. The van der Waals surface area contributed by atoms with Crippen molar-refractivity contribution in [3.63, 3.8) is 0 Å². The third kappa shape index (κ3) is 5.12. The molecule has 3 atom stereocenters. The molecule has 31 heavy (non-hydrogen) atoms. The van der Waals surface area contributed by atoms with Crippen molar-refractivity contribution < 1.29 is 22.7 Å². The minimum absolute atomic E-state index is 0.170. The third-order valence-corrected chi connectivity index (χ3v) is 9.01. The van der Waals surface area contributed by atoms with Gasteiger partial charge in [-0.2, -0.15) is 4.31 Å². The molecule has 2 saturated carbocycles. The molecule has 8 heteroatoms. The fraction of sp³-hybridized carbons (Fsp3) is 0.652. The molecule has 170 valence electrons. The van der Waals surface area contributed by atoms with Crippen molar-refractivity contribution in [1.82, 2.24) is 4.31 Å². The predicted molar refractivity (Wildman–Crippen MR) is 117 cm³/mol. The number of fused-ring (bicyclic) bond motifs is 2. The highest BCUT2D eigenvalue weighted by Gasteiger charge is 2.40. The van der Waals surface area contributed by atoms with Gasteiger partial charge in [0.1, 0.15) is 0 Å². The number of esters is 1. The summed E-state index contributed by atoms with van der Waals surface area (Å²) >= 11 is 0.